The maximum Gasteiger partial charge on any atom is 0.0640 e. The summed E-state index contributed by atoms with van der Waals surface area (Å²) in [5.74, 6) is 0. The minimum Gasteiger partial charge on any atom is -0.309 e. The van der Waals surface area contributed by atoms with Crippen LogP contribution in [0, 0.1) is 0 Å². The van der Waals surface area contributed by atoms with Gasteiger partial charge in [0.1, 0.15) is 0 Å². The van der Waals surface area contributed by atoms with Crippen LogP contribution < -0.4 is 4.90 Å². The SMILES string of the molecule is c1ccc(-c2cccc3c(-c4cccc(N(c5ccc(-c6cccc7ccccc67)cc5)c5cccc6c5sc5ccccc56)c4)cccc23)cc1. The van der Waals surface area contributed by atoms with Gasteiger partial charge in [-0.2, -0.15) is 0 Å². The summed E-state index contributed by atoms with van der Waals surface area (Å²) >= 11 is 1.87. The highest BCUT2D eigenvalue weighted by Crippen LogP contribution is 2.46. The fourth-order valence-corrected chi connectivity index (χ4v) is 9.05. The van der Waals surface area contributed by atoms with Gasteiger partial charge in [-0.1, -0.05) is 164 Å². The van der Waals surface area contributed by atoms with E-state index in [0.29, 0.717) is 0 Å². The lowest BCUT2D eigenvalue weighted by Crippen LogP contribution is -2.10. The fraction of sp³-hybridized carbons (Fsp3) is 0. The zero-order valence-corrected chi connectivity index (χ0v) is 29.2. The molecule has 0 atom stereocenters. The summed E-state index contributed by atoms with van der Waals surface area (Å²) in [5, 5.41) is 7.61. The summed E-state index contributed by atoms with van der Waals surface area (Å²) in [4.78, 5) is 2.44. The number of hydrogen-bond acceptors (Lipinski definition) is 2. The van der Waals surface area contributed by atoms with Gasteiger partial charge in [0.15, 0.2) is 0 Å². The van der Waals surface area contributed by atoms with Gasteiger partial charge in [0.25, 0.3) is 0 Å². The topological polar surface area (TPSA) is 3.24 Å². The summed E-state index contributed by atoms with van der Waals surface area (Å²) in [5.41, 5.74) is 10.8. The van der Waals surface area contributed by atoms with Crippen molar-refractivity contribution in [2.45, 2.75) is 0 Å². The Kier molecular flexibility index (Phi) is 7.41. The number of fused-ring (bicyclic) bond motifs is 5. The standard InChI is InChI=1S/C50H33NS/c1-2-13-34(14-3-1)42-22-10-25-45-43(23-11-24-44(42)45)37-17-8-18-39(33-37)51(48-27-12-26-47-46-20-6-7-28-49(46)52-50(47)48)38-31-29-36(30-32-38)41-21-9-16-35-15-4-5-19-40(35)41/h1-33H. The number of rotatable bonds is 6. The van der Waals surface area contributed by atoms with Crippen molar-refractivity contribution in [3.8, 4) is 33.4 Å². The van der Waals surface area contributed by atoms with Crippen LogP contribution in [0.15, 0.2) is 200 Å². The summed E-state index contributed by atoms with van der Waals surface area (Å²) in [6, 6.07) is 72.9. The minimum atomic E-state index is 1.12. The summed E-state index contributed by atoms with van der Waals surface area (Å²) in [6.45, 7) is 0. The molecule has 0 spiro atoms. The molecule has 0 radical (unpaired) electrons. The van der Waals surface area contributed by atoms with Crippen molar-refractivity contribution in [1.82, 2.24) is 0 Å². The highest BCUT2D eigenvalue weighted by atomic mass is 32.1. The molecule has 0 N–H and O–H groups in total. The van der Waals surface area contributed by atoms with Crippen LogP contribution in [-0.2, 0) is 0 Å². The van der Waals surface area contributed by atoms with Crippen LogP contribution in [0.2, 0.25) is 0 Å². The molecular weight excluding hydrogens is 647 g/mol. The summed E-state index contributed by atoms with van der Waals surface area (Å²) in [7, 11) is 0. The Bertz CT molecular complexity index is 2900. The zero-order chi connectivity index (χ0) is 34.4. The minimum absolute atomic E-state index is 1.12. The third kappa shape index (κ3) is 5.16. The van der Waals surface area contributed by atoms with E-state index in [2.05, 4.69) is 205 Å². The first-order chi connectivity index (χ1) is 25.8. The molecule has 10 rings (SSSR count). The Labute approximate surface area is 307 Å². The van der Waals surface area contributed by atoms with E-state index in [9.17, 15) is 0 Å². The van der Waals surface area contributed by atoms with E-state index in [1.807, 2.05) is 11.3 Å². The van der Waals surface area contributed by atoms with E-state index in [0.717, 1.165) is 11.4 Å². The predicted octanol–water partition coefficient (Wildman–Crippen LogP) is 14.8. The number of thiophene rings is 1. The molecule has 1 aromatic heterocycles. The smallest absolute Gasteiger partial charge is 0.0640 e. The summed E-state index contributed by atoms with van der Waals surface area (Å²) < 4.78 is 2.58. The molecule has 0 saturated heterocycles. The van der Waals surface area contributed by atoms with Crippen LogP contribution in [0.4, 0.5) is 17.1 Å². The number of hydrogen-bond donors (Lipinski definition) is 0. The van der Waals surface area contributed by atoms with Crippen molar-refractivity contribution in [3.63, 3.8) is 0 Å². The predicted molar refractivity (Wildman–Crippen MR) is 225 cm³/mol. The van der Waals surface area contributed by atoms with E-state index in [1.54, 1.807) is 0 Å². The maximum absolute atomic E-state index is 2.44. The second-order valence-corrected chi connectivity index (χ2v) is 14.3. The van der Waals surface area contributed by atoms with Crippen molar-refractivity contribution in [1.29, 1.82) is 0 Å². The van der Waals surface area contributed by atoms with Gasteiger partial charge in [0.2, 0.25) is 0 Å². The van der Waals surface area contributed by atoms with Crippen LogP contribution in [0.3, 0.4) is 0 Å². The van der Waals surface area contributed by atoms with E-state index < -0.39 is 0 Å². The molecule has 244 valence electrons. The monoisotopic (exact) mass is 679 g/mol. The average Bonchev–Trinajstić information content (AvgIpc) is 3.61. The Balaban J connectivity index is 1.15. The first kappa shape index (κ1) is 30.4. The van der Waals surface area contributed by atoms with Gasteiger partial charge in [-0.05, 0) is 91.3 Å². The van der Waals surface area contributed by atoms with E-state index in [4.69, 9.17) is 0 Å². The van der Waals surface area contributed by atoms with Crippen LogP contribution in [0.25, 0.3) is 75.1 Å². The van der Waals surface area contributed by atoms with Crippen molar-refractivity contribution >= 4 is 70.1 Å². The molecular formula is C50H33NS. The van der Waals surface area contributed by atoms with Gasteiger partial charge in [-0.3, -0.25) is 0 Å². The molecule has 0 bridgehead atoms. The molecule has 0 aliphatic heterocycles. The third-order valence-electron chi connectivity index (χ3n) is 10.3. The molecule has 1 heterocycles. The highest BCUT2D eigenvalue weighted by molar-refractivity contribution is 7.26. The van der Waals surface area contributed by atoms with Gasteiger partial charge in [0, 0.05) is 26.8 Å². The first-order valence-corrected chi connectivity index (χ1v) is 18.6. The lowest BCUT2D eigenvalue weighted by atomic mass is 9.93. The zero-order valence-electron chi connectivity index (χ0n) is 28.4. The van der Waals surface area contributed by atoms with Crippen LogP contribution in [0.5, 0.6) is 0 Å². The molecule has 52 heavy (non-hydrogen) atoms. The molecule has 0 amide bonds. The largest absolute Gasteiger partial charge is 0.309 e. The van der Waals surface area contributed by atoms with Gasteiger partial charge in [0.05, 0.1) is 10.4 Å². The Morgan fingerprint density at radius 2 is 0.865 bits per heavy atom. The Morgan fingerprint density at radius 3 is 1.67 bits per heavy atom. The highest BCUT2D eigenvalue weighted by Gasteiger charge is 2.19. The Hall–Kier alpha value is -6.48. The molecule has 2 heteroatoms. The summed E-state index contributed by atoms with van der Waals surface area (Å²) in [6.07, 6.45) is 0. The number of anilines is 3. The lowest BCUT2D eigenvalue weighted by Gasteiger charge is -2.27. The fourth-order valence-electron chi connectivity index (χ4n) is 7.85. The van der Waals surface area contributed by atoms with E-state index in [1.165, 1.54) is 80.8 Å². The molecule has 0 aliphatic rings. The van der Waals surface area contributed by atoms with Crippen molar-refractivity contribution in [2.24, 2.45) is 0 Å². The van der Waals surface area contributed by atoms with Gasteiger partial charge < -0.3 is 4.90 Å². The van der Waals surface area contributed by atoms with Gasteiger partial charge in [-0.25, -0.2) is 0 Å². The molecule has 9 aromatic carbocycles. The quantitative estimate of drug-likeness (QED) is 0.169. The molecule has 0 saturated carbocycles. The van der Waals surface area contributed by atoms with Crippen molar-refractivity contribution < 1.29 is 0 Å². The normalized spacial score (nSPS) is 11.5. The number of nitrogens with zero attached hydrogens (tertiary/aromatic N) is 1. The molecule has 1 nitrogen and oxygen atoms in total. The molecule has 0 aliphatic carbocycles. The lowest BCUT2D eigenvalue weighted by molar-refractivity contribution is 1.30. The molecule has 0 unspecified atom stereocenters. The third-order valence-corrected chi connectivity index (χ3v) is 11.5. The van der Waals surface area contributed by atoms with Gasteiger partial charge >= 0.3 is 0 Å². The van der Waals surface area contributed by atoms with Crippen LogP contribution in [-0.4, -0.2) is 0 Å². The first-order valence-electron chi connectivity index (χ1n) is 17.8. The number of benzene rings is 9. The van der Waals surface area contributed by atoms with E-state index in [-0.39, 0.29) is 0 Å². The average molecular weight is 680 g/mol. The van der Waals surface area contributed by atoms with Crippen molar-refractivity contribution in [2.75, 3.05) is 4.90 Å². The van der Waals surface area contributed by atoms with Crippen LogP contribution in [0.1, 0.15) is 0 Å². The second-order valence-electron chi connectivity index (χ2n) is 13.3. The van der Waals surface area contributed by atoms with E-state index >= 15 is 0 Å². The Morgan fingerprint density at radius 1 is 0.327 bits per heavy atom. The second kappa shape index (κ2) is 12.7. The molecule has 10 aromatic rings. The van der Waals surface area contributed by atoms with Gasteiger partial charge in [-0.15, -0.1) is 11.3 Å². The maximum atomic E-state index is 2.44. The molecule has 0 fully saturated rings. The van der Waals surface area contributed by atoms with Crippen molar-refractivity contribution in [3.05, 3.63) is 200 Å². The van der Waals surface area contributed by atoms with Crippen LogP contribution >= 0.6 is 11.3 Å².